The number of nitrogens with zero attached hydrogens (tertiary/aromatic N) is 1. The zero-order valence-corrected chi connectivity index (χ0v) is 10.8. The molecule has 0 fully saturated rings. The van der Waals surface area contributed by atoms with Crippen molar-refractivity contribution in [2.45, 2.75) is 13.5 Å². The summed E-state index contributed by atoms with van der Waals surface area (Å²) in [4.78, 5) is 12.1. The summed E-state index contributed by atoms with van der Waals surface area (Å²) in [7, 11) is 0. The van der Waals surface area contributed by atoms with Gasteiger partial charge in [0.05, 0.1) is 5.52 Å². The Kier molecular flexibility index (Phi) is 2.92. The standard InChI is InChI=1S/C17H15NO/c1-13-11-18(12-14-7-3-2-4-8-14)16-10-6-5-9-15(16)17(13)19/h2-11H,12H2,1H3. The lowest BCUT2D eigenvalue weighted by atomic mass is 10.1. The van der Waals surface area contributed by atoms with E-state index in [9.17, 15) is 4.79 Å². The van der Waals surface area contributed by atoms with Crippen molar-refractivity contribution in [3.05, 3.63) is 82.1 Å². The first-order chi connectivity index (χ1) is 9.25. The molecule has 0 spiro atoms. The summed E-state index contributed by atoms with van der Waals surface area (Å²) in [6.07, 6.45) is 1.94. The van der Waals surface area contributed by atoms with Gasteiger partial charge in [-0.1, -0.05) is 42.5 Å². The van der Waals surface area contributed by atoms with Crippen molar-refractivity contribution in [3.8, 4) is 0 Å². The summed E-state index contributed by atoms with van der Waals surface area (Å²) in [6.45, 7) is 2.65. The van der Waals surface area contributed by atoms with E-state index in [0.29, 0.717) is 0 Å². The van der Waals surface area contributed by atoms with E-state index in [2.05, 4.69) is 16.7 Å². The third-order valence-corrected chi connectivity index (χ3v) is 3.36. The molecule has 1 heterocycles. The van der Waals surface area contributed by atoms with Crippen LogP contribution in [-0.2, 0) is 6.54 Å². The Hall–Kier alpha value is -2.35. The van der Waals surface area contributed by atoms with Gasteiger partial charge in [-0.05, 0) is 24.6 Å². The van der Waals surface area contributed by atoms with Gasteiger partial charge in [0.25, 0.3) is 0 Å². The molecule has 0 aliphatic heterocycles. The van der Waals surface area contributed by atoms with E-state index in [-0.39, 0.29) is 5.43 Å². The van der Waals surface area contributed by atoms with Crippen LogP contribution < -0.4 is 5.43 Å². The van der Waals surface area contributed by atoms with E-state index in [1.165, 1.54) is 5.56 Å². The molecule has 0 N–H and O–H groups in total. The van der Waals surface area contributed by atoms with Gasteiger partial charge < -0.3 is 4.57 Å². The van der Waals surface area contributed by atoms with Crippen LogP contribution in [0, 0.1) is 6.92 Å². The van der Waals surface area contributed by atoms with Crippen molar-refractivity contribution in [1.29, 1.82) is 0 Å². The van der Waals surface area contributed by atoms with Crippen molar-refractivity contribution in [3.63, 3.8) is 0 Å². The quantitative estimate of drug-likeness (QED) is 0.682. The summed E-state index contributed by atoms with van der Waals surface area (Å²) in [6, 6.07) is 18.1. The predicted octanol–water partition coefficient (Wildman–Crippen LogP) is 3.36. The summed E-state index contributed by atoms with van der Waals surface area (Å²) in [5.41, 5.74) is 3.13. The van der Waals surface area contributed by atoms with Crippen molar-refractivity contribution >= 4 is 10.9 Å². The van der Waals surface area contributed by atoms with E-state index in [4.69, 9.17) is 0 Å². The monoisotopic (exact) mass is 249 g/mol. The number of aromatic nitrogens is 1. The van der Waals surface area contributed by atoms with Crippen LogP contribution in [0.2, 0.25) is 0 Å². The SMILES string of the molecule is Cc1cn(Cc2ccccc2)c2ccccc2c1=O. The van der Waals surface area contributed by atoms with Crippen molar-refractivity contribution in [2.75, 3.05) is 0 Å². The van der Waals surface area contributed by atoms with Crippen molar-refractivity contribution in [2.24, 2.45) is 0 Å². The van der Waals surface area contributed by atoms with Gasteiger partial charge in [0.1, 0.15) is 0 Å². The number of fused-ring (bicyclic) bond motifs is 1. The normalized spacial score (nSPS) is 10.8. The van der Waals surface area contributed by atoms with E-state index in [1.54, 1.807) is 0 Å². The summed E-state index contributed by atoms with van der Waals surface area (Å²) >= 11 is 0. The first kappa shape index (κ1) is 11.7. The zero-order chi connectivity index (χ0) is 13.2. The molecule has 0 atom stereocenters. The smallest absolute Gasteiger partial charge is 0.192 e. The molecule has 94 valence electrons. The van der Waals surface area contributed by atoms with Crippen LogP contribution in [0.1, 0.15) is 11.1 Å². The van der Waals surface area contributed by atoms with Gasteiger partial charge in [0.15, 0.2) is 5.43 Å². The molecule has 2 heteroatoms. The van der Waals surface area contributed by atoms with E-state index in [0.717, 1.165) is 23.0 Å². The molecule has 3 aromatic rings. The molecule has 19 heavy (non-hydrogen) atoms. The second-order valence-electron chi connectivity index (χ2n) is 4.77. The predicted molar refractivity (Wildman–Crippen MR) is 78.5 cm³/mol. The molecule has 0 aliphatic rings. The minimum absolute atomic E-state index is 0.125. The molecule has 0 bridgehead atoms. The fourth-order valence-electron chi connectivity index (χ4n) is 2.40. The van der Waals surface area contributed by atoms with Gasteiger partial charge in [0, 0.05) is 23.7 Å². The van der Waals surface area contributed by atoms with Gasteiger partial charge in [-0.15, -0.1) is 0 Å². The molecule has 3 rings (SSSR count). The Bertz CT molecular complexity index is 772. The number of para-hydroxylation sites is 1. The average molecular weight is 249 g/mol. The Labute approximate surface area is 111 Å². The van der Waals surface area contributed by atoms with Gasteiger partial charge in [-0.2, -0.15) is 0 Å². The van der Waals surface area contributed by atoms with Crippen molar-refractivity contribution < 1.29 is 0 Å². The molecule has 0 amide bonds. The third-order valence-electron chi connectivity index (χ3n) is 3.36. The highest BCUT2D eigenvalue weighted by Crippen LogP contribution is 2.13. The molecule has 0 saturated heterocycles. The van der Waals surface area contributed by atoms with E-state index in [1.807, 2.05) is 55.6 Å². The first-order valence-electron chi connectivity index (χ1n) is 6.38. The summed E-state index contributed by atoms with van der Waals surface area (Å²) in [5, 5.41) is 0.790. The molecule has 2 nitrogen and oxygen atoms in total. The van der Waals surface area contributed by atoms with E-state index < -0.39 is 0 Å². The van der Waals surface area contributed by atoms with Gasteiger partial charge >= 0.3 is 0 Å². The van der Waals surface area contributed by atoms with E-state index >= 15 is 0 Å². The molecule has 0 unspecified atom stereocenters. The first-order valence-corrected chi connectivity index (χ1v) is 6.38. The van der Waals surface area contributed by atoms with Crippen molar-refractivity contribution in [1.82, 2.24) is 4.57 Å². The van der Waals surface area contributed by atoms with Gasteiger partial charge in [-0.25, -0.2) is 0 Å². The molecular formula is C17H15NO. The number of pyridine rings is 1. The molecule has 1 aromatic heterocycles. The topological polar surface area (TPSA) is 22.0 Å². The van der Waals surface area contributed by atoms with Crippen LogP contribution in [0.3, 0.4) is 0 Å². The number of benzene rings is 2. The van der Waals surface area contributed by atoms with Crippen LogP contribution in [0.15, 0.2) is 65.6 Å². The Balaban J connectivity index is 2.19. The minimum Gasteiger partial charge on any atom is -0.343 e. The lowest BCUT2D eigenvalue weighted by Gasteiger charge is -2.12. The zero-order valence-electron chi connectivity index (χ0n) is 10.8. The highest BCUT2D eigenvalue weighted by molar-refractivity contribution is 5.79. The Morgan fingerprint density at radius 3 is 2.42 bits per heavy atom. The minimum atomic E-state index is 0.125. The largest absolute Gasteiger partial charge is 0.343 e. The fourth-order valence-corrected chi connectivity index (χ4v) is 2.40. The van der Waals surface area contributed by atoms with Crippen LogP contribution in [-0.4, -0.2) is 4.57 Å². The third kappa shape index (κ3) is 2.17. The van der Waals surface area contributed by atoms with Crippen LogP contribution in [0.5, 0.6) is 0 Å². The summed E-state index contributed by atoms with van der Waals surface area (Å²) in [5.74, 6) is 0. The number of rotatable bonds is 2. The number of hydrogen-bond acceptors (Lipinski definition) is 1. The van der Waals surface area contributed by atoms with Crippen LogP contribution >= 0.6 is 0 Å². The maximum Gasteiger partial charge on any atom is 0.192 e. The second kappa shape index (κ2) is 4.73. The highest BCUT2D eigenvalue weighted by atomic mass is 16.1. The Morgan fingerprint density at radius 2 is 1.63 bits per heavy atom. The molecule has 0 radical (unpaired) electrons. The maximum atomic E-state index is 12.1. The lowest BCUT2D eigenvalue weighted by Crippen LogP contribution is -2.12. The van der Waals surface area contributed by atoms with Gasteiger partial charge in [0.2, 0.25) is 0 Å². The van der Waals surface area contributed by atoms with Crippen LogP contribution in [0.4, 0.5) is 0 Å². The average Bonchev–Trinajstić information content (AvgIpc) is 2.46. The Morgan fingerprint density at radius 1 is 0.947 bits per heavy atom. The molecule has 0 aliphatic carbocycles. The number of aryl methyl sites for hydroxylation is 1. The maximum absolute atomic E-state index is 12.1. The second-order valence-corrected chi connectivity index (χ2v) is 4.77. The summed E-state index contributed by atoms with van der Waals surface area (Å²) < 4.78 is 2.14. The molecular weight excluding hydrogens is 234 g/mol. The fraction of sp³-hybridized carbons (Fsp3) is 0.118. The molecule has 2 aromatic carbocycles. The molecule has 0 saturated carbocycles. The number of hydrogen-bond donors (Lipinski definition) is 0. The van der Waals surface area contributed by atoms with Crippen LogP contribution in [0.25, 0.3) is 10.9 Å². The van der Waals surface area contributed by atoms with Gasteiger partial charge in [-0.3, -0.25) is 4.79 Å². The highest BCUT2D eigenvalue weighted by Gasteiger charge is 2.05. The lowest BCUT2D eigenvalue weighted by molar-refractivity contribution is 0.820.